The third-order valence-electron chi connectivity index (χ3n) is 4.56. The number of benzene rings is 3. The lowest BCUT2D eigenvalue weighted by atomic mass is 10.1. The van der Waals surface area contributed by atoms with Gasteiger partial charge in [-0.2, -0.15) is 0 Å². The van der Waals surface area contributed by atoms with Crippen LogP contribution in [0.2, 0.25) is 0 Å². The van der Waals surface area contributed by atoms with E-state index in [2.05, 4.69) is 10.3 Å². The number of aromatic nitrogens is 1. The van der Waals surface area contributed by atoms with Gasteiger partial charge in [-0.3, -0.25) is 4.79 Å². The van der Waals surface area contributed by atoms with Crippen molar-refractivity contribution in [2.24, 2.45) is 0 Å². The number of anilines is 1. The normalized spacial score (nSPS) is 10.9. The van der Waals surface area contributed by atoms with Crippen molar-refractivity contribution >= 4 is 22.7 Å². The molecule has 0 aliphatic heterocycles. The number of hydrogen-bond acceptors (Lipinski definition) is 3. The second-order valence-corrected chi connectivity index (χ2v) is 6.84. The number of aryl methyl sites for hydroxylation is 3. The second kappa shape index (κ2) is 6.72. The van der Waals surface area contributed by atoms with Gasteiger partial charge in [0, 0.05) is 16.8 Å². The number of amides is 1. The van der Waals surface area contributed by atoms with Crippen molar-refractivity contribution in [2.45, 2.75) is 20.8 Å². The van der Waals surface area contributed by atoms with E-state index in [0.29, 0.717) is 11.5 Å². The molecule has 4 aromatic rings. The molecule has 0 aliphatic carbocycles. The van der Waals surface area contributed by atoms with Gasteiger partial charge in [-0.15, -0.1) is 0 Å². The Morgan fingerprint density at radius 3 is 2.56 bits per heavy atom. The number of fused-ring (bicyclic) bond motifs is 1. The molecule has 4 heteroatoms. The summed E-state index contributed by atoms with van der Waals surface area (Å²) in [6.45, 7) is 5.96. The van der Waals surface area contributed by atoms with Gasteiger partial charge in [0.1, 0.15) is 5.52 Å². The van der Waals surface area contributed by atoms with Crippen LogP contribution in [0.1, 0.15) is 27.0 Å². The zero-order valence-corrected chi connectivity index (χ0v) is 15.5. The minimum Gasteiger partial charge on any atom is -0.436 e. The monoisotopic (exact) mass is 356 g/mol. The molecule has 4 rings (SSSR count). The first-order chi connectivity index (χ1) is 13.0. The molecular weight excluding hydrogens is 336 g/mol. The van der Waals surface area contributed by atoms with Crippen LogP contribution in [0, 0.1) is 20.8 Å². The minimum atomic E-state index is -0.132. The number of rotatable bonds is 3. The molecule has 0 spiro atoms. The predicted octanol–water partition coefficient (Wildman–Crippen LogP) is 5.67. The van der Waals surface area contributed by atoms with E-state index in [0.717, 1.165) is 39.0 Å². The van der Waals surface area contributed by atoms with E-state index in [4.69, 9.17) is 4.42 Å². The lowest BCUT2D eigenvalue weighted by Gasteiger charge is -2.10. The van der Waals surface area contributed by atoms with Gasteiger partial charge < -0.3 is 9.73 Å². The van der Waals surface area contributed by atoms with Crippen molar-refractivity contribution in [1.29, 1.82) is 0 Å². The smallest absolute Gasteiger partial charge is 0.255 e. The molecule has 4 nitrogen and oxygen atoms in total. The van der Waals surface area contributed by atoms with Crippen molar-refractivity contribution in [2.75, 3.05) is 5.32 Å². The van der Waals surface area contributed by atoms with Gasteiger partial charge in [-0.05, 0) is 68.3 Å². The zero-order valence-electron chi connectivity index (χ0n) is 15.5. The molecular formula is C23H20N2O2. The van der Waals surface area contributed by atoms with Crippen LogP contribution in [0.5, 0.6) is 0 Å². The van der Waals surface area contributed by atoms with Crippen molar-refractivity contribution < 1.29 is 9.21 Å². The van der Waals surface area contributed by atoms with Crippen LogP contribution in [-0.2, 0) is 0 Å². The molecule has 3 aromatic carbocycles. The van der Waals surface area contributed by atoms with Crippen molar-refractivity contribution in [3.63, 3.8) is 0 Å². The third-order valence-corrected chi connectivity index (χ3v) is 4.56. The average Bonchev–Trinajstić information content (AvgIpc) is 3.06. The minimum absolute atomic E-state index is 0.132. The summed E-state index contributed by atoms with van der Waals surface area (Å²) >= 11 is 0. The van der Waals surface area contributed by atoms with Crippen LogP contribution < -0.4 is 5.32 Å². The molecule has 0 atom stereocenters. The summed E-state index contributed by atoms with van der Waals surface area (Å²) in [4.78, 5) is 17.2. The van der Waals surface area contributed by atoms with E-state index in [1.165, 1.54) is 0 Å². The van der Waals surface area contributed by atoms with Crippen LogP contribution in [0.25, 0.3) is 22.6 Å². The molecule has 1 heterocycles. The van der Waals surface area contributed by atoms with E-state index in [9.17, 15) is 4.79 Å². The highest BCUT2D eigenvalue weighted by Gasteiger charge is 2.12. The largest absolute Gasteiger partial charge is 0.436 e. The summed E-state index contributed by atoms with van der Waals surface area (Å²) in [5, 5.41) is 3.00. The van der Waals surface area contributed by atoms with Gasteiger partial charge >= 0.3 is 0 Å². The van der Waals surface area contributed by atoms with Gasteiger partial charge in [0.05, 0.1) is 0 Å². The first-order valence-corrected chi connectivity index (χ1v) is 8.86. The number of nitrogens with one attached hydrogen (secondary N) is 1. The number of nitrogens with zero attached hydrogens (tertiary/aromatic N) is 1. The highest BCUT2D eigenvalue weighted by atomic mass is 16.3. The highest BCUT2D eigenvalue weighted by Crippen LogP contribution is 2.28. The molecule has 1 N–H and O–H groups in total. The standard InChI is InChI=1S/C23H20N2O2/c1-14-5-4-6-17(11-14)22(26)24-19-13-18(9-8-16(19)3)23-25-20-12-15(2)7-10-21(20)27-23/h4-13H,1-3H3,(H,24,26). The Hall–Kier alpha value is -3.40. The van der Waals surface area contributed by atoms with Crippen LogP contribution in [0.15, 0.2) is 65.1 Å². The molecule has 0 aliphatic rings. The molecule has 1 amide bonds. The summed E-state index contributed by atoms with van der Waals surface area (Å²) in [7, 11) is 0. The van der Waals surface area contributed by atoms with Gasteiger partial charge in [0.15, 0.2) is 5.58 Å². The number of hydrogen-bond donors (Lipinski definition) is 1. The van der Waals surface area contributed by atoms with Gasteiger partial charge in [-0.25, -0.2) is 4.98 Å². The molecule has 0 bridgehead atoms. The van der Waals surface area contributed by atoms with E-state index in [1.807, 2.05) is 81.4 Å². The van der Waals surface area contributed by atoms with Gasteiger partial charge in [0.2, 0.25) is 5.89 Å². The fourth-order valence-corrected chi connectivity index (χ4v) is 3.03. The maximum absolute atomic E-state index is 12.6. The maximum atomic E-state index is 12.6. The van der Waals surface area contributed by atoms with Crippen LogP contribution in [0.3, 0.4) is 0 Å². The Balaban J connectivity index is 1.67. The van der Waals surface area contributed by atoms with E-state index < -0.39 is 0 Å². The summed E-state index contributed by atoms with van der Waals surface area (Å²) < 4.78 is 5.89. The zero-order chi connectivity index (χ0) is 19.0. The molecule has 134 valence electrons. The lowest BCUT2D eigenvalue weighted by Crippen LogP contribution is -2.13. The SMILES string of the molecule is Cc1cccc(C(=O)Nc2cc(-c3nc4cc(C)ccc4o3)ccc2C)c1. The number of carbonyl (C=O) groups excluding carboxylic acids is 1. The maximum Gasteiger partial charge on any atom is 0.255 e. The van der Waals surface area contributed by atoms with Gasteiger partial charge in [-0.1, -0.05) is 29.8 Å². The molecule has 1 aromatic heterocycles. The topological polar surface area (TPSA) is 55.1 Å². The Bertz CT molecular complexity index is 1160. The van der Waals surface area contributed by atoms with E-state index in [-0.39, 0.29) is 5.91 Å². The second-order valence-electron chi connectivity index (χ2n) is 6.84. The Morgan fingerprint density at radius 2 is 1.74 bits per heavy atom. The summed E-state index contributed by atoms with van der Waals surface area (Å²) in [6.07, 6.45) is 0. The average molecular weight is 356 g/mol. The fraction of sp³-hybridized carbons (Fsp3) is 0.130. The van der Waals surface area contributed by atoms with Gasteiger partial charge in [0.25, 0.3) is 5.91 Å². The molecule has 0 saturated carbocycles. The van der Waals surface area contributed by atoms with Crippen LogP contribution in [0.4, 0.5) is 5.69 Å². The predicted molar refractivity (Wildman–Crippen MR) is 108 cm³/mol. The van der Waals surface area contributed by atoms with Crippen LogP contribution in [-0.4, -0.2) is 10.9 Å². The molecule has 0 fully saturated rings. The molecule has 27 heavy (non-hydrogen) atoms. The molecule has 0 saturated heterocycles. The number of carbonyl (C=O) groups is 1. The molecule has 0 unspecified atom stereocenters. The highest BCUT2D eigenvalue weighted by molar-refractivity contribution is 6.05. The van der Waals surface area contributed by atoms with E-state index in [1.54, 1.807) is 0 Å². The summed E-state index contributed by atoms with van der Waals surface area (Å²) in [5.74, 6) is 0.411. The summed E-state index contributed by atoms with van der Waals surface area (Å²) in [5.41, 5.74) is 6.96. The first kappa shape index (κ1) is 17.0. The van der Waals surface area contributed by atoms with Crippen molar-refractivity contribution in [1.82, 2.24) is 4.98 Å². The van der Waals surface area contributed by atoms with Crippen molar-refractivity contribution in [3.8, 4) is 11.5 Å². The first-order valence-electron chi connectivity index (χ1n) is 8.86. The summed E-state index contributed by atoms with van der Waals surface area (Å²) in [6, 6.07) is 19.3. The third kappa shape index (κ3) is 3.47. The van der Waals surface area contributed by atoms with E-state index >= 15 is 0 Å². The quantitative estimate of drug-likeness (QED) is 0.514. The number of oxazole rings is 1. The Labute approximate surface area is 157 Å². The van der Waals surface area contributed by atoms with Crippen LogP contribution >= 0.6 is 0 Å². The molecule has 0 radical (unpaired) electrons. The Morgan fingerprint density at radius 1 is 0.926 bits per heavy atom. The Kier molecular flexibility index (Phi) is 4.24. The van der Waals surface area contributed by atoms with Crippen molar-refractivity contribution in [3.05, 3.63) is 82.9 Å². The fourth-order valence-electron chi connectivity index (χ4n) is 3.03. The lowest BCUT2D eigenvalue weighted by molar-refractivity contribution is 0.102.